The van der Waals surface area contributed by atoms with Crippen molar-refractivity contribution in [1.29, 1.82) is 0 Å². The summed E-state index contributed by atoms with van der Waals surface area (Å²) in [5.74, 6) is -0.487. The highest BCUT2D eigenvalue weighted by Gasteiger charge is 2.46. The van der Waals surface area contributed by atoms with Gasteiger partial charge in [0.15, 0.2) is 6.17 Å². The number of piperidine rings is 1. The van der Waals surface area contributed by atoms with Gasteiger partial charge in [-0.3, -0.25) is 9.80 Å². The quantitative estimate of drug-likeness (QED) is 0.621. The van der Waals surface area contributed by atoms with Gasteiger partial charge in [0, 0.05) is 19.3 Å². The lowest BCUT2D eigenvalue weighted by atomic mass is 9.67. The Labute approximate surface area is 155 Å². The van der Waals surface area contributed by atoms with Gasteiger partial charge < -0.3 is 16.5 Å². The zero-order chi connectivity index (χ0) is 19.8. The number of carbonyl (C=O) groups excluding carboxylic acids is 1. The molecule has 1 aromatic carbocycles. The van der Waals surface area contributed by atoms with E-state index in [9.17, 15) is 18.0 Å². The summed E-state index contributed by atoms with van der Waals surface area (Å²) in [6.07, 6.45) is -2.70. The summed E-state index contributed by atoms with van der Waals surface area (Å²) in [6, 6.07) is 5.51. The normalized spacial score (nSPS) is 29.4. The Balaban J connectivity index is 1.93. The minimum absolute atomic E-state index is 0.0143. The predicted octanol–water partition coefficient (Wildman–Crippen LogP) is 1.62. The molecule has 6 nitrogen and oxygen atoms in total. The predicted molar refractivity (Wildman–Crippen MR) is 94.9 cm³/mol. The van der Waals surface area contributed by atoms with Gasteiger partial charge in [-0.15, -0.1) is 5.53 Å². The molecule has 1 unspecified atom stereocenters. The van der Waals surface area contributed by atoms with Crippen LogP contribution in [-0.4, -0.2) is 36.5 Å². The summed E-state index contributed by atoms with van der Waals surface area (Å²) in [5.41, 5.74) is 12.2. The Bertz CT molecular complexity index is 726. The molecule has 0 saturated carbocycles. The molecule has 27 heavy (non-hydrogen) atoms. The summed E-state index contributed by atoms with van der Waals surface area (Å²) < 4.78 is 38.8. The lowest BCUT2D eigenvalue weighted by molar-refractivity contribution is -0.125. The highest BCUT2D eigenvalue weighted by atomic mass is 19.3. The fraction of sp³-hybridized carbons (Fsp3) is 0.500. The topological polar surface area (TPSA) is 82.4 Å². The van der Waals surface area contributed by atoms with Crippen molar-refractivity contribution in [2.75, 3.05) is 7.05 Å². The largest absolute Gasteiger partial charge is 0.369 e. The van der Waals surface area contributed by atoms with E-state index in [1.165, 1.54) is 24.3 Å². The van der Waals surface area contributed by atoms with E-state index in [1.54, 1.807) is 5.01 Å². The number of halogens is 3. The first kappa shape index (κ1) is 19.5. The van der Waals surface area contributed by atoms with Gasteiger partial charge in [0.2, 0.25) is 5.91 Å². The Morgan fingerprint density at radius 2 is 1.93 bits per heavy atom. The standard InChI is InChI=1S/C18H24F3N5O/c1-10-7-18(17(22)27,8-13(23-10)14-9-26(2)25-24-14)12-5-3-11(4-6-12)15(19)16(20)21/h3-6,9-10,13,15-16,23-25H,7-8H2,1-2H3,(H2,22,27)/t10-,13-,15?,18-/m0/s1. The van der Waals surface area contributed by atoms with Crippen molar-refractivity contribution in [3.8, 4) is 0 Å². The van der Waals surface area contributed by atoms with Gasteiger partial charge in [-0.1, -0.05) is 24.3 Å². The number of hydrogen-bond acceptors (Lipinski definition) is 5. The molecule has 1 fully saturated rings. The van der Waals surface area contributed by atoms with Crippen LogP contribution in [0.15, 0.2) is 36.2 Å². The molecule has 1 saturated heterocycles. The van der Waals surface area contributed by atoms with E-state index in [0.29, 0.717) is 18.4 Å². The second kappa shape index (κ2) is 7.40. The van der Waals surface area contributed by atoms with Gasteiger partial charge in [-0.25, -0.2) is 13.2 Å². The zero-order valence-electron chi connectivity index (χ0n) is 15.2. The van der Waals surface area contributed by atoms with E-state index < -0.39 is 23.9 Å². The van der Waals surface area contributed by atoms with Crippen LogP contribution in [0.4, 0.5) is 13.2 Å². The smallest absolute Gasteiger partial charge is 0.273 e. The molecule has 0 radical (unpaired) electrons. The highest BCUT2D eigenvalue weighted by molar-refractivity contribution is 5.87. The number of nitrogens with one attached hydrogen (secondary N) is 3. The fourth-order valence-electron chi connectivity index (χ4n) is 3.93. The van der Waals surface area contributed by atoms with Crippen LogP contribution in [0.1, 0.15) is 37.1 Å². The van der Waals surface area contributed by atoms with E-state index in [4.69, 9.17) is 5.73 Å². The van der Waals surface area contributed by atoms with E-state index in [-0.39, 0.29) is 17.6 Å². The third kappa shape index (κ3) is 3.74. The zero-order valence-corrected chi connectivity index (χ0v) is 15.2. The van der Waals surface area contributed by atoms with Crippen LogP contribution in [0.3, 0.4) is 0 Å². The minimum atomic E-state index is -3.09. The van der Waals surface area contributed by atoms with E-state index in [1.807, 2.05) is 20.2 Å². The number of carbonyl (C=O) groups is 1. The average Bonchev–Trinajstić information content (AvgIpc) is 3.07. The molecular formula is C18H24F3N5O. The summed E-state index contributed by atoms with van der Waals surface area (Å²) in [5, 5.41) is 5.19. The summed E-state index contributed by atoms with van der Waals surface area (Å²) in [4.78, 5) is 12.5. The number of hydrogen-bond donors (Lipinski definition) is 4. The summed E-state index contributed by atoms with van der Waals surface area (Å²) in [7, 11) is 1.84. The van der Waals surface area contributed by atoms with Gasteiger partial charge in [0.25, 0.3) is 6.43 Å². The number of primary amides is 1. The van der Waals surface area contributed by atoms with E-state index >= 15 is 0 Å². The second-order valence-corrected chi connectivity index (χ2v) is 7.27. The van der Waals surface area contributed by atoms with Crippen molar-refractivity contribution in [2.24, 2.45) is 5.73 Å². The van der Waals surface area contributed by atoms with Crippen LogP contribution in [0.25, 0.3) is 0 Å². The number of hydrazine groups is 2. The molecule has 4 atom stereocenters. The molecule has 1 aromatic rings. The molecule has 148 valence electrons. The Morgan fingerprint density at radius 3 is 2.44 bits per heavy atom. The third-order valence-corrected chi connectivity index (χ3v) is 5.25. The number of benzene rings is 1. The van der Waals surface area contributed by atoms with Gasteiger partial charge in [0.05, 0.1) is 17.2 Å². The molecule has 0 aliphatic carbocycles. The first-order valence-electron chi connectivity index (χ1n) is 8.78. The summed E-state index contributed by atoms with van der Waals surface area (Å²) >= 11 is 0. The number of amides is 1. The van der Waals surface area contributed by atoms with Crippen molar-refractivity contribution < 1.29 is 18.0 Å². The second-order valence-electron chi connectivity index (χ2n) is 7.27. The van der Waals surface area contributed by atoms with Crippen LogP contribution in [0, 0.1) is 0 Å². The number of nitrogens with two attached hydrogens (primary N) is 1. The van der Waals surface area contributed by atoms with Gasteiger partial charge >= 0.3 is 0 Å². The number of rotatable bonds is 5. The molecular weight excluding hydrogens is 359 g/mol. The first-order valence-corrected chi connectivity index (χ1v) is 8.78. The van der Waals surface area contributed by atoms with E-state index in [0.717, 1.165) is 5.70 Å². The molecule has 0 bridgehead atoms. The van der Waals surface area contributed by atoms with Crippen molar-refractivity contribution in [3.63, 3.8) is 0 Å². The van der Waals surface area contributed by atoms with Crippen LogP contribution >= 0.6 is 0 Å². The van der Waals surface area contributed by atoms with Crippen molar-refractivity contribution in [2.45, 2.75) is 49.9 Å². The molecule has 5 N–H and O–H groups in total. The highest BCUT2D eigenvalue weighted by Crippen LogP contribution is 2.39. The van der Waals surface area contributed by atoms with Crippen molar-refractivity contribution in [3.05, 3.63) is 47.3 Å². The SMILES string of the molecule is C[C@H]1C[C@@](C(N)=O)(c2ccc(C(F)C(F)F)cc2)C[C@@H](C2=CN(C)NN2)N1. The summed E-state index contributed by atoms with van der Waals surface area (Å²) in [6.45, 7) is 1.96. The molecule has 0 aromatic heterocycles. The van der Waals surface area contributed by atoms with Gasteiger partial charge in [0.1, 0.15) is 0 Å². The number of alkyl halides is 3. The molecule has 1 amide bonds. The Morgan fingerprint density at radius 1 is 1.26 bits per heavy atom. The maximum atomic E-state index is 13.6. The number of nitrogens with zero attached hydrogens (tertiary/aromatic N) is 1. The minimum Gasteiger partial charge on any atom is -0.369 e. The van der Waals surface area contributed by atoms with Crippen LogP contribution in [0.5, 0.6) is 0 Å². The lowest BCUT2D eigenvalue weighted by Gasteiger charge is -2.43. The Kier molecular flexibility index (Phi) is 5.34. The monoisotopic (exact) mass is 383 g/mol. The maximum absolute atomic E-state index is 13.6. The molecule has 9 heteroatoms. The lowest BCUT2D eigenvalue weighted by Crippen LogP contribution is -2.57. The van der Waals surface area contributed by atoms with E-state index in [2.05, 4.69) is 16.3 Å². The van der Waals surface area contributed by atoms with Crippen LogP contribution < -0.4 is 22.0 Å². The van der Waals surface area contributed by atoms with Crippen molar-refractivity contribution in [1.82, 2.24) is 21.3 Å². The Hall–Kier alpha value is -2.26. The fourth-order valence-corrected chi connectivity index (χ4v) is 3.93. The van der Waals surface area contributed by atoms with Crippen LogP contribution in [-0.2, 0) is 10.2 Å². The van der Waals surface area contributed by atoms with Gasteiger partial charge in [-0.05, 0) is 30.9 Å². The average molecular weight is 383 g/mol. The molecule has 2 aliphatic heterocycles. The van der Waals surface area contributed by atoms with Crippen LogP contribution in [0.2, 0.25) is 0 Å². The van der Waals surface area contributed by atoms with Crippen molar-refractivity contribution >= 4 is 5.91 Å². The first-order chi connectivity index (χ1) is 12.7. The van der Waals surface area contributed by atoms with Gasteiger partial charge in [-0.2, -0.15) is 0 Å². The molecule has 2 heterocycles. The maximum Gasteiger partial charge on any atom is 0.273 e. The molecule has 2 aliphatic rings. The molecule has 0 spiro atoms. The molecule has 3 rings (SSSR count). The third-order valence-electron chi connectivity index (χ3n) is 5.25.